The quantitative estimate of drug-likeness (QED) is 0.610. The Labute approximate surface area is 176 Å². The molecule has 0 aliphatic heterocycles. The lowest BCUT2D eigenvalue weighted by atomic mass is 9.45. The van der Waals surface area contributed by atoms with Crippen molar-refractivity contribution in [3.05, 3.63) is 82.9 Å². The van der Waals surface area contributed by atoms with Crippen molar-refractivity contribution in [2.45, 2.75) is 33.9 Å². The summed E-state index contributed by atoms with van der Waals surface area (Å²) in [5, 5.41) is 9.68. The smallest absolute Gasteiger partial charge is 0.404 e. The van der Waals surface area contributed by atoms with Crippen LogP contribution in [0.5, 0.6) is 5.75 Å². The SMILES string of the molecule is Cc1cccc(C)c1B(c1c(C)cccc1C)N(CC(F)(F)F)c1ccc(O)cc1. The first-order chi connectivity index (χ1) is 14.1. The van der Waals surface area contributed by atoms with Crippen LogP contribution in [0, 0.1) is 27.7 Å². The second-order valence-electron chi connectivity index (χ2n) is 7.77. The van der Waals surface area contributed by atoms with Gasteiger partial charge in [-0.05, 0) is 62.9 Å². The molecule has 3 aromatic rings. The number of aryl methyl sites for hydroxylation is 4. The lowest BCUT2D eigenvalue weighted by Gasteiger charge is -2.36. The van der Waals surface area contributed by atoms with E-state index >= 15 is 0 Å². The summed E-state index contributed by atoms with van der Waals surface area (Å²) in [7, 11) is 0. The first-order valence-corrected chi connectivity index (χ1v) is 9.83. The van der Waals surface area contributed by atoms with Crippen LogP contribution in [0.4, 0.5) is 18.9 Å². The first kappa shape index (κ1) is 21.8. The van der Waals surface area contributed by atoms with Crippen LogP contribution in [0.25, 0.3) is 0 Å². The molecule has 0 bridgehead atoms. The molecule has 0 radical (unpaired) electrons. The molecule has 156 valence electrons. The maximum absolute atomic E-state index is 13.8. The summed E-state index contributed by atoms with van der Waals surface area (Å²) in [6.07, 6.45) is -4.40. The van der Waals surface area contributed by atoms with Gasteiger partial charge in [0.05, 0.1) is 0 Å². The number of nitrogens with zero attached hydrogens (tertiary/aromatic N) is 1. The van der Waals surface area contributed by atoms with Gasteiger partial charge in [-0.3, -0.25) is 0 Å². The predicted molar refractivity (Wildman–Crippen MR) is 118 cm³/mol. The third-order valence-corrected chi connectivity index (χ3v) is 5.47. The minimum atomic E-state index is -4.40. The highest BCUT2D eigenvalue weighted by Crippen LogP contribution is 2.26. The third kappa shape index (κ3) is 4.64. The van der Waals surface area contributed by atoms with Gasteiger partial charge in [0.1, 0.15) is 12.3 Å². The Morgan fingerprint density at radius 1 is 0.733 bits per heavy atom. The zero-order chi connectivity index (χ0) is 22.1. The molecule has 0 unspecified atom stereocenters. The number of anilines is 1. The molecule has 0 spiro atoms. The van der Waals surface area contributed by atoms with Crippen LogP contribution in [0.1, 0.15) is 22.3 Å². The largest absolute Gasteiger partial charge is 0.508 e. The van der Waals surface area contributed by atoms with E-state index in [9.17, 15) is 18.3 Å². The molecule has 3 rings (SSSR count). The molecule has 1 N–H and O–H groups in total. The Bertz CT molecular complexity index is 940. The van der Waals surface area contributed by atoms with E-state index in [4.69, 9.17) is 0 Å². The summed E-state index contributed by atoms with van der Waals surface area (Å²) >= 11 is 0. The lowest BCUT2D eigenvalue weighted by Crippen LogP contribution is -2.61. The number of aromatic hydroxyl groups is 1. The van der Waals surface area contributed by atoms with Gasteiger partial charge in [0.25, 0.3) is 0 Å². The van der Waals surface area contributed by atoms with Gasteiger partial charge < -0.3 is 9.92 Å². The molecule has 0 aliphatic carbocycles. The molecule has 6 heteroatoms. The Balaban J connectivity index is 2.33. The number of alkyl halides is 3. The van der Waals surface area contributed by atoms with Crippen molar-refractivity contribution < 1.29 is 18.3 Å². The summed E-state index contributed by atoms with van der Waals surface area (Å²) in [6, 6.07) is 17.5. The molecular formula is C24H25BF3NO. The minimum Gasteiger partial charge on any atom is -0.508 e. The summed E-state index contributed by atoms with van der Waals surface area (Å²) in [6.45, 7) is 6.01. The Morgan fingerprint density at radius 3 is 1.50 bits per heavy atom. The second-order valence-corrected chi connectivity index (χ2v) is 7.77. The highest BCUT2D eigenvalue weighted by Gasteiger charge is 2.39. The maximum atomic E-state index is 13.8. The highest BCUT2D eigenvalue weighted by molar-refractivity contribution is 6.89. The van der Waals surface area contributed by atoms with Crippen LogP contribution >= 0.6 is 0 Å². The van der Waals surface area contributed by atoms with Crippen molar-refractivity contribution in [1.82, 2.24) is 0 Å². The number of halogens is 3. The molecule has 0 fully saturated rings. The van der Waals surface area contributed by atoms with E-state index in [2.05, 4.69) is 0 Å². The fraction of sp³-hybridized carbons (Fsp3) is 0.250. The Morgan fingerprint density at radius 2 is 1.13 bits per heavy atom. The number of hydrogen-bond acceptors (Lipinski definition) is 2. The van der Waals surface area contributed by atoms with Gasteiger partial charge in [0.2, 0.25) is 0 Å². The topological polar surface area (TPSA) is 23.5 Å². The zero-order valence-corrected chi connectivity index (χ0v) is 17.6. The number of phenolic OH excluding ortho intramolecular Hbond substituents is 1. The van der Waals surface area contributed by atoms with E-state index in [0.717, 1.165) is 33.2 Å². The van der Waals surface area contributed by atoms with Crippen LogP contribution in [0.15, 0.2) is 60.7 Å². The van der Waals surface area contributed by atoms with Gasteiger partial charge in [0.15, 0.2) is 0 Å². The average Bonchev–Trinajstić information content (AvgIpc) is 2.64. The molecule has 3 aromatic carbocycles. The molecule has 0 atom stereocenters. The van der Waals surface area contributed by atoms with E-state index < -0.39 is 19.6 Å². The Kier molecular flexibility index (Phi) is 6.15. The molecule has 0 saturated carbocycles. The van der Waals surface area contributed by atoms with E-state index in [1.807, 2.05) is 64.1 Å². The van der Waals surface area contributed by atoms with Crippen LogP contribution in [-0.2, 0) is 0 Å². The molecule has 2 nitrogen and oxygen atoms in total. The number of hydrogen-bond donors (Lipinski definition) is 1. The zero-order valence-electron chi connectivity index (χ0n) is 17.6. The Hall–Kier alpha value is -2.89. The van der Waals surface area contributed by atoms with Crippen molar-refractivity contribution in [3.63, 3.8) is 0 Å². The van der Waals surface area contributed by atoms with Crippen molar-refractivity contribution >= 4 is 23.5 Å². The maximum Gasteiger partial charge on any atom is 0.404 e. The van der Waals surface area contributed by atoms with Gasteiger partial charge in [0, 0.05) is 5.69 Å². The summed E-state index contributed by atoms with van der Waals surface area (Å²) in [5.74, 6) is 0.0152. The van der Waals surface area contributed by atoms with Gasteiger partial charge in [-0.2, -0.15) is 13.2 Å². The van der Waals surface area contributed by atoms with Crippen molar-refractivity contribution in [2.24, 2.45) is 0 Å². The molecule has 0 aliphatic rings. The third-order valence-electron chi connectivity index (χ3n) is 5.47. The van der Waals surface area contributed by atoms with Gasteiger partial charge in [-0.1, -0.05) is 58.7 Å². The summed E-state index contributed by atoms with van der Waals surface area (Å²) < 4.78 is 41.3. The molecule has 0 heterocycles. The van der Waals surface area contributed by atoms with Crippen molar-refractivity contribution in [2.75, 3.05) is 11.4 Å². The summed E-state index contributed by atoms with van der Waals surface area (Å²) in [4.78, 5) is 1.39. The van der Waals surface area contributed by atoms with E-state index in [0.29, 0.717) is 5.69 Å². The minimum absolute atomic E-state index is 0.0152. The van der Waals surface area contributed by atoms with Crippen molar-refractivity contribution in [3.8, 4) is 5.75 Å². The number of rotatable bonds is 5. The predicted octanol–water partition coefficient (Wildman–Crippen LogP) is 4.80. The normalized spacial score (nSPS) is 11.4. The monoisotopic (exact) mass is 411 g/mol. The lowest BCUT2D eigenvalue weighted by molar-refractivity contribution is -0.117. The number of benzene rings is 3. The van der Waals surface area contributed by atoms with Crippen LogP contribution in [0.3, 0.4) is 0 Å². The average molecular weight is 411 g/mol. The van der Waals surface area contributed by atoms with Gasteiger partial charge in [-0.15, -0.1) is 0 Å². The van der Waals surface area contributed by atoms with Crippen LogP contribution in [-0.4, -0.2) is 24.7 Å². The second kappa shape index (κ2) is 8.46. The van der Waals surface area contributed by atoms with E-state index in [-0.39, 0.29) is 5.75 Å². The molecule has 0 amide bonds. The molecule has 30 heavy (non-hydrogen) atoms. The standard InChI is InChI=1S/C24H25BF3NO/c1-16-7-5-8-17(2)22(16)25(23-18(3)9-6-10-19(23)4)29(15-24(26,27)28)20-11-13-21(30)14-12-20/h5-14,30H,15H2,1-4H3. The number of phenols is 1. The van der Waals surface area contributed by atoms with Gasteiger partial charge >= 0.3 is 13.0 Å². The fourth-order valence-corrected chi connectivity index (χ4v) is 4.14. The van der Waals surface area contributed by atoms with E-state index in [1.54, 1.807) is 0 Å². The molecular weight excluding hydrogens is 386 g/mol. The fourth-order valence-electron chi connectivity index (χ4n) is 4.14. The van der Waals surface area contributed by atoms with Crippen molar-refractivity contribution in [1.29, 1.82) is 0 Å². The first-order valence-electron chi connectivity index (χ1n) is 9.83. The van der Waals surface area contributed by atoms with Crippen LogP contribution in [0.2, 0.25) is 0 Å². The van der Waals surface area contributed by atoms with Crippen LogP contribution < -0.4 is 15.7 Å². The highest BCUT2D eigenvalue weighted by atomic mass is 19.4. The molecule has 0 saturated heterocycles. The molecule has 0 aromatic heterocycles. The van der Waals surface area contributed by atoms with Gasteiger partial charge in [-0.25, -0.2) is 0 Å². The summed E-state index contributed by atoms with van der Waals surface area (Å²) in [5.41, 5.74) is 5.89. The van der Waals surface area contributed by atoms with E-state index in [1.165, 1.54) is 29.1 Å².